The summed E-state index contributed by atoms with van der Waals surface area (Å²) in [5.74, 6) is 0. The maximum Gasteiger partial charge on any atom is 0.0332 e. The zero-order valence-electron chi connectivity index (χ0n) is 20.1. The first-order valence-electron chi connectivity index (χ1n) is 13.0. The molecule has 0 nitrogen and oxygen atoms in total. The van der Waals surface area contributed by atoms with Gasteiger partial charge in [-0.15, -0.1) is 0 Å². The van der Waals surface area contributed by atoms with E-state index in [0.29, 0.717) is 0 Å². The minimum absolute atomic E-state index is 1.19. The molecule has 4 aromatic carbocycles. The van der Waals surface area contributed by atoms with E-state index < -0.39 is 0 Å². The smallest absolute Gasteiger partial charge is 0.0332 e. The summed E-state index contributed by atoms with van der Waals surface area (Å²) in [5, 5.41) is 5.18. The number of hydrogen-bond acceptors (Lipinski definition) is 0. The molecular weight excluding hydrogens is 464 g/mol. The Labute approximate surface area is 208 Å². The summed E-state index contributed by atoms with van der Waals surface area (Å²) in [4.78, 5) is 0. The summed E-state index contributed by atoms with van der Waals surface area (Å²) < 4.78 is 1.19. The van der Waals surface area contributed by atoms with Crippen molar-refractivity contribution in [2.75, 3.05) is 0 Å². The highest BCUT2D eigenvalue weighted by atomic mass is 79.9. The summed E-state index contributed by atoms with van der Waals surface area (Å²) >= 11 is 3.87. The highest BCUT2D eigenvalue weighted by Gasteiger charge is 2.13. The molecule has 0 aromatic heterocycles. The third-order valence-corrected chi connectivity index (χ3v) is 7.78. The maximum atomic E-state index is 3.87. The Hall–Kier alpha value is -2.12. The predicted molar refractivity (Wildman–Crippen MR) is 150 cm³/mol. The molecule has 4 aromatic rings. The van der Waals surface area contributed by atoms with Crippen LogP contribution in [0.15, 0.2) is 77.3 Å². The first-order valence-corrected chi connectivity index (χ1v) is 13.8. The first-order chi connectivity index (χ1) is 16.3. The number of aryl methyl sites for hydroxylation is 1. The van der Waals surface area contributed by atoms with Crippen molar-refractivity contribution in [3.63, 3.8) is 0 Å². The van der Waals surface area contributed by atoms with Gasteiger partial charge in [-0.05, 0) is 67.0 Å². The third kappa shape index (κ3) is 6.07. The van der Waals surface area contributed by atoms with Crippen molar-refractivity contribution in [3.8, 4) is 11.1 Å². The number of rotatable bonds is 12. The SMILES string of the molecule is CCCCCCCCCCCCc1ccc(-c2c3ccccc3c(Br)c3ccccc23)cc1. The van der Waals surface area contributed by atoms with Crippen molar-refractivity contribution in [1.29, 1.82) is 0 Å². The van der Waals surface area contributed by atoms with Crippen LogP contribution in [-0.4, -0.2) is 0 Å². The largest absolute Gasteiger partial charge is 0.0654 e. The second kappa shape index (κ2) is 12.4. The molecule has 0 saturated carbocycles. The van der Waals surface area contributed by atoms with E-state index >= 15 is 0 Å². The van der Waals surface area contributed by atoms with Gasteiger partial charge in [0.05, 0.1) is 0 Å². The van der Waals surface area contributed by atoms with Crippen molar-refractivity contribution in [3.05, 3.63) is 82.8 Å². The second-order valence-corrected chi connectivity index (χ2v) is 10.2. The Bertz CT molecular complexity index is 1100. The summed E-state index contributed by atoms with van der Waals surface area (Å²) in [6.45, 7) is 2.29. The molecule has 0 aliphatic carbocycles. The zero-order chi connectivity index (χ0) is 22.9. The second-order valence-electron chi connectivity index (χ2n) is 9.41. The van der Waals surface area contributed by atoms with Crippen molar-refractivity contribution in [2.24, 2.45) is 0 Å². The van der Waals surface area contributed by atoms with Crippen LogP contribution in [0.5, 0.6) is 0 Å². The predicted octanol–water partition coefficient (Wildman–Crippen LogP) is 10.9. The Morgan fingerprint density at radius 3 is 1.48 bits per heavy atom. The van der Waals surface area contributed by atoms with Crippen LogP contribution in [0.25, 0.3) is 32.7 Å². The van der Waals surface area contributed by atoms with Gasteiger partial charge in [0.1, 0.15) is 0 Å². The Balaban J connectivity index is 1.38. The van der Waals surface area contributed by atoms with Gasteiger partial charge < -0.3 is 0 Å². The summed E-state index contributed by atoms with van der Waals surface area (Å²) in [6, 6.07) is 26.8. The van der Waals surface area contributed by atoms with Crippen LogP contribution in [0.2, 0.25) is 0 Å². The van der Waals surface area contributed by atoms with Crippen LogP contribution < -0.4 is 0 Å². The molecule has 1 heteroatoms. The van der Waals surface area contributed by atoms with Crippen LogP contribution in [-0.2, 0) is 6.42 Å². The van der Waals surface area contributed by atoms with E-state index in [0.717, 1.165) is 0 Å². The lowest BCUT2D eigenvalue weighted by atomic mass is 9.91. The Morgan fingerprint density at radius 1 is 0.515 bits per heavy atom. The molecule has 0 bridgehead atoms. The molecule has 4 rings (SSSR count). The molecule has 172 valence electrons. The number of fused-ring (bicyclic) bond motifs is 2. The van der Waals surface area contributed by atoms with Gasteiger partial charge in [0.25, 0.3) is 0 Å². The molecule has 0 aliphatic heterocycles. The summed E-state index contributed by atoms with van der Waals surface area (Å²) in [6.07, 6.45) is 15.1. The van der Waals surface area contributed by atoms with E-state index in [1.165, 1.54) is 113 Å². The fourth-order valence-electron chi connectivity index (χ4n) is 5.04. The van der Waals surface area contributed by atoms with Crippen molar-refractivity contribution < 1.29 is 0 Å². The molecule has 0 fully saturated rings. The highest BCUT2D eigenvalue weighted by Crippen LogP contribution is 2.41. The molecule has 0 amide bonds. The van der Waals surface area contributed by atoms with Crippen LogP contribution >= 0.6 is 15.9 Å². The fourth-order valence-corrected chi connectivity index (χ4v) is 5.73. The third-order valence-electron chi connectivity index (χ3n) is 6.93. The quantitative estimate of drug-likeness (QED) is 0.134. The number of benzene rings is 4. The lowest BCUT2D eigenvalue weighted by Gasteiger charge is -2.14. The van der Waals surface area contributed by atoms with Gasteiger partial charge in [-0.25, -0.2) is 0 Å². The Kier molecular flexibility index (Phi) is 9.01. The molecular formula is C32H37Br. The molecule has 0 radical (unpaired) electrons. The van der Waals surface area contributed by atoms with Gasteiger partial charge in [0, 0.05) is 4.47 Å². The monoisotopic (exact) mass is 500 g/mol. The van der Waals surface area contributed by atoms with E-state index in [1.807, 2.05) is 0 Å². The van der Waals surface area contributed by atoms with Gasteiger partial charge in [0.2, 0.25) is 0 Å². The normalized spacial score (nSPS) is 11.5. The number of halogens is 1. The molecule has 0 unspecified atom stereocenters. The van der Waals surface area contributed by atoms with Crippen LogP contribution in [0.1, 0.15) is 76.7 Å². The number of unbranched alkanes of at least 4 members (excludes halogenated alkanes) is 9. The minimum atomic E-state index is 1.19. The maximum absolute atomic E-state index is 3.87. The standard InChI is InChI=1S/C32H37Br/c1-2-3-4-5-6-7-8-9-10-11-16-25-21-23-26(24-22-25)31-27-17-12-14-19-29(27)32(33)30-20-15-13-18-28(30)31/h12-15,17-24H,2-11,16H2,1H3. The molecule has 0 saturated heterocycles. The van der Waals surface area contributed by atoms with Gasteiger partial charge in [-0.2, -0.15) is 0 Å². The van der Waals surface area contributed by atoms with Crippen molar-refractivity contribution >= 4 is 37.5 Å². The average molecular weight is 502 g/mol. The Morgan fingerprint density at radius 2 is 0.970 bits per heavy atom. The molecule has 0 aliphatic rings. The van der Waals surface area contributed by atoms with E-state index in [1.54, 1.807) is 0 Å². The van der Waals surface area contributed by atoms with Gasteiger partial charge in [0.15, 0.2) is 0 Å². The summed E-state index contributed by atoms with van der Waals surface area (Å²) in [5.41, 5.74) is 4.11. The number of hydrogen-bond donors (Lipinski definition) is 0. The van der Waals surface area contributed by atoms with E-state index in [9.17, 15) is 0 Å². The van der Waals surface area contributed by atoms with E-state index in [2.05, 4.69) is 95.7 Å². The fraction of sp³-hybridized carbons (Fsp3) is 0.375. The minimum Gasteiger partial charge on any atom is -0.0654 e. The molecule has 0 spiro atoms. The van der Waals surface area contributed by atoms with Crippen LogP contribution in [0, 0.1) is 0 Å². The lowest BCUT2D eigenvalue weighted by Crippen LogP contribution is -1.90. The highest BCUT2D eigenvalue weighted by molar-refractivity contribution is 9.10. The van der Waals surface area contributed by atoms with Crippen molar-refractivity contribution in [2.45, 2.75) is 77.6 Å². The first kappa shape index (κ1) is 24.0. The molecule has 0 heterocycles. The summed E-state index contributed by atoms with van der Waals surface area (Å²) in [7, 11) is 0. The lowest BCUT2D eigenvalue weighted by molar-refractivity contribution is 0.556. The van der Waals surface area contributed by atoms with E-state index in [-0.39, 0.29) is 0 Å². The van der Waals surface area contributed by atoms with Gasteiger partial charge >= 0.3 is 0 Å². The van der Waals surface area contributed by atoms with Crippen molar-refractivity contribution in [1.82, 2.24) is 0 Å². The average Bonchev–Trinajstić information content (AvgIpc) is 2.86. The molecule has 0 atom stereocenters. The van der Waals surface area contributed by atoms with Gasteiger partial charge in [-0.1, -0.05) is 138 Å². The zero-order valence-corrected chi connectivity index (χ0v) is 21.7. The molecule has 33 heavy (non-hydrogen) atoms. The van der Waals surface area contributed by atoms with Gasteiger partial charge in [-0.3, -0.25) is 0 Å². The molecule has 0 N–H and O–H groups in total. The van der Waals surface area contributed by atoms with E-state index in [4.69, 9.17) is 0 Å². The topological polar surface area (TPSA) is 0 Å². The van der Waals surface area contributed by atoms with Crippen LogP contribution in [0.4, 0.5) is 0 Å². The van der Waals surface area contributed by atoms with Crippen LogP contribution in [0.3, 0.4) is 0 Å².